The zero-order chi connectivity index (χ0) is 13.2. The van der Waals surface area contributed by atoms with Gasteiger partial charge in [-0.2, -0.15) is 0 Å². The molecule has 3 nitrogen and oxygen atoms in total. The van der Waals surface area contributed by atoms with E-state index in [1.807, 2.05) is 48.5 Å². The highest BCUT2D eigenvalue weighted by Gasteiger charge is 2.27. The quantitative estimate of drug-likeness (QED) is 0.912. The average molecular weight is 274 g/mol. The van der Waals surface area contributed by atoms with Crippen molar-refractivity contribution in [1.82, 2.24) is 0 Å². The Kier molecular flexibility index (Phi) is 3.13. The third-order valence-electron chi connectivity index (χ3n) is 3.04. The number of rotatable bonds is 2. The monoisotopic (exact) mass is 273 g/mol. The lowest BCUT2D eigenvalue weighted by Gasteiger charge is -2.25. The number of halogens is 1. The summed E-state index contributed by atoms with van der Waals surface area (Å²) in [6.45, 7) is 0. The van der Waals surface area contributed by atoms with Crippen molar-refractivity contribution in [3.05, 3.63) is 59.1 Å². The Morgan fingerprint density at radius 1 is 1.11 bits per heavy atom. The molecule has 0 saturated heterocycles. The summed E-state index contributed by atoms with van der Waals surface area (Å²) in [5.41, 5.74) is 1.74. The molecule has 0 fully saturated rings. The lowest BCUT2D eigenvalue weighted by atomic mass is 10.1. The van der Waals surface area contributed by atoms with Gasteiger partial charge >= 0.3 is 0 Å². The van der Waals surface area contributed by atoms with Crippen molar-refractivity contribution in [2.45, 2.75) is 12.5 Å². The molecule has 1 heterocycles. The summed E-state index contributed by atoms with van der Waals surface area (Å²) >= 11 is 5.84. The van der Waals surface area contributed by atoms with Gasteiger partial charge in [-0.3, -0.25) is 4.79 Å². The van der Waals surface area contributed by atoms with E-state index in [4.69, 9.17) is 16.3 Å². The van der Waals surface area contributed by atoms with E-state index in [-0.39, 0.29) is 5.91 Å². The first-order valence-electron chi connectivity index (χ1n) is 6.03. The van der Waals surface area contributed by atoms with E-state index in [9.17, 15) is 4.79 Å². The van der Waals surface area contributed by atoms with Crippen LogP contribution in [0.5, 0.6) is 5.75 Å². The van der Waals surface area contributed by atoms with Gasteiger partial charge in [0.25, 0.3) is 5.91 Å². The second-order valence-corrected chi connectivity index (χ2v) is 4.86. The molecule has 0 aliphatic carbocycles. The predicted octanol–water partition coefficient (Wildman–Crippen LogP) is 3.28. The molecule has 2 aromatic carbocycles. The fraction of sp³-hybridized carbons (Fsp3) is 0.133. The molecular weight excluding hydrogens is 262 g/mol. The Balaban J connectivity index is 1.79. The van der Waals surface area contributed by atoms with Crippen LogP contribution in [0.2, 0.25) is 5.02 Å². The van der Waals surface area contributed by atoms with Crippen molar-refractivity contribution in [3.8, 4) is 5.75 Å². The fourth-order valence-corrected chi connectivity index (χ4v) is 2.19. The molecule has 1 amide bonds. The van der Waals surface area contributed by atoms with Gasteiger partial charge < -0.3 is 10.1 Å². The van der Waals surface area contributed by atoms with Crippen LogP contribution in [-0.2, 0) is 11.2 Å². The summed E-state index contributed by atoms with van der Waals surface area (Å²) in [5, 5.41) is 3.54. The van der Waals surface area contributed by atoms with E-state index in [1.54, 1.807) is 0 Å². The fourth-order valence-electron chi connectivity index (χ4n) is 2.06. The Morgan fingerprint density at radius 2 is 1.84 bits per heavy atom. The number of hydrogen-bond donors (Lipinski definition) is 1. The number of amides is 1. The van der Waals surface area contributed by atoms with Crippen LogP contribution in [0.15, 0.2) is 48.5 Å². The van der Waals surface area contributed by atoms with Gasteiger partial charge in [-0.1, -0.05) is 35.9 Å². The van der Waals surface area contributed by atoms with E-state index in [0.29, 0.717) is 17.2 Å². The van der Waals surface area contributed by atoms with Crippen molar-refractivity contribution in [3.63, 3.8) is 0 Å². The van der Waals surface area contributed by atoms with E-state index in [2.05, 4.69) is 5.32 Å². The summed E-state index contributed by atoms with van der Waals surface area (Å²) in [6.07, 6.45) is 0.0215. The smallest absolute Gasteiger partial charge is 0.265 e. The number of fused-ring (bicyclic) bond motifs is 1. The number of para-hydroxylation sites is 2. The standard InChI is InChI=1S/C15H12ClNO2/c16-11-7-5-10(6-8-11)9-14-15(18)17-12-3-1-2-4-13(12)19-14/h1-8,14H,9H2,(H,17,18). The summed E-state index contributed by atoms with van der Waals surface area (Å²) in [4.78, 5) is 12.0. The Hall–Kier alpha value is -2.00. The van der Waals surface area contributed by atoms with Crippen LogP contribution in [-0.4, -0.2) is 12.0 Å². The van der Waals surface area contributed by atoms with Gasteiger partial charge in [0.05, 0.1) is 5.69 Å². The SMILES string of the molecule is O=C1Nc2ccccc2OC1Cc1ccc(Cl)cc1. The van der Waals surface area contributed by atoms with Crippen molar-refractivity contribution in [2.75, 3.05) is 5.32 Å². The molecule has 1 aliphatic rings. The molecule has 0 aromatic heterocycles. The first-order valence-corrected chi connectivity index (χ1v) is 6.41. The largest absolute Gasteiger partial charge is 0.478 e. The molecule has 19 heavy (non-hydrogen) atoms. The van der Waals surface area contributed by atoms with Crippen molar-refractivity contribution in [1.29, 1.82) is 0 Å². The maximum atomic E-state index is 12.0. The van der Waals surface area contributed by atoms with Crippen LogP contribution in [0, 0.1) is 0 Å². The lowest BCUT2D eigenvalue weighted by Crippen LogP contribution is -2.38. The number of hydrogen-bond acceptors (Lipinski definition) is 2. The zero-order valence-electron chi connectivity index (χ0n) is 10.1. The van der Waals surface area contributed by atoms with Crippen molar-refractivity contribution >= 4 is 23.2 Å². The van der Waals surface area contributed by atoms with Gasteiger partial charge in [-0.15, -0.1) is 0 Å². The second kappa shape index (κ2) is 4.94. The minimum atomic E-state index is -0.504. The highest BCUT2D eigenvalue weighted by atomic mass is 35.5. The third kappa shape index (κ3) is 2.56. The average Bonchev–Trinajstić information content (AvgIpc) is 2.42. The zero-order valence-corrected chi connectivity index (χ0v) is 10.9. The first kappa shape index (κ1) is 12.1. The van der Waals surface area contributed by atoms with Crippen LogP contribution in [0.3, 0.4) is 0 Å². The number of ether oxygens (including phenoxy) is 1. The second-order valence-electron chi connectivity index (χ2n) is 4.42. The van der Waals surface area contributed by atoms with Gasteiger partial charge in [-0.25, -0.2) is 0 Å². The third-order valence-corrected chi connectivity index (χ3v) is 3.29. The highest BCUT2D eigenvalue weighted by molar-refractivity contribution is 6.30. The van der Waals surface area contributed by atoms with E-state index in [1.165, 1.54) is 0 Å². The molecular formula is C15H12ClNO2. The van der Waals surface area contributed by atoms with Crippen LogP contribution in [0.1, 0.15) is 5.56 Å². The van der Waals surface area contributed by atoms with Crippen LogP contribution in [0.25, 0.3) is 0 Å². The summed E-state index contributed by atoms with van der Waals surface area (Å²) in [7, 11) is 0. The predicted molar refractivity (Wildman–Crippen MR) is 74.6 cm³/mol. The van der Waals surface area contributed by atoms with Crippen molar-refractivity contribution in [2.24, 2.45) is 0 Å². The molecule has 0 bridgehead atoms. The van der Waals surface area contributed by atoms with E-state index < -0.39 is 6.10 Å². The number of nitrogens with one attached hydrogen (secondary N) is 1. The molecule has 1 unspecified atom stereocenters. The molecule has 0 saturated carbocycles. The summed E-state index contributed by atoms with van der Waals surface area (Å²) < 4.78 is 5.73. The molecule has 0 radical (unpaired) electrons. The Bertz CT molecular complexity index is 610. The normalized spacial score (nSPS) is 17.3. The van der Waals surface area contributed by atoms with E-state index in [0.717, 1.165) is 11.3 Å². The van der Waals surface area contributed by atoms with Gasteiger partial charge in [0.1, 0.15) is 5.75 Å². The topological polar surface area (TPSA) is 38.3 Å². The maximum Gasteiger partial charge on any atom is 0.265 e. The van der Waals surface area contributed by atoms with Crippen LogP contribution < -0.4 is 10.1 Å². The molecule has 4 heteroatoms. The van der Waals surface area contributed by atoms with Gasteiger partial charge in [0, 0.05) is 11.4 Å². The number of carbonyl (C=O) groups excluding carboxylic acids is 1. The number of anilines is 1. The van der Waals surface area contributed by atoms with E-state index >= 15 is 0 Å². The minimum Gasteiger partial charge on any atom is -0.478 e. The molecule has 1 aliphatic heterocycles. The van der Waals surface area contributed by atoms with Gasteiger partial charge in [-0.05, 0) is 29.8 Å². The van der Waals surface area contributed by atoms with Gasteiger partial charge in [0.15, 0.2) is 6.10 Å². The van der Waals surface area contributed by atoms with Gasteiger partial charge in [0.2, 0.25) is 0 Å². The summed E-state index contributed by atoms with van der Waals surface area (Å²) in [5.74, 6) is 0.592. The van der Waals surface area contributed by atoms with Crippen molar-refractivity contribution < 1.29 is 9.53 Å². The maximum absolute atomic E-state index is 12.0. The summed E-state index contributed by atoms with van der Waals surface area (Å²) in [6, 6.07) is 14.9. The minimum absolute atomic E-state index is 0.117. The molecule has 96 valence electrons. The first-order chi connectivity index (χ1) is 9.22. The van der Waals surface area contributed by atoms with Crippen LogP contribution in [0.4, 0.5) is 5.69 Å². The number of benzene rings is 2. The Morgan fingerprint density at radius 3 is 2.63 bits per heavy atom. The van der Waals surface area contributed by atoms with Crippen LogP contribution >= 0.6 is 11.6 Å². The molecule has 0 spiro atoms. The molecule has 3 rings (SSSR count). The Labute approximate surface area is 116 Å². The molecule has 1 atom stereocenters. The molecule has 1 N–H and O–H groups in total. The number of carbonyl (C=O) groups is 1. The highest BCUT2D eigenvalue weighted by Crippen LogP contribution is 2.29. The lowest BCUT2D eigenvalue weighted by molar-refractivity contribution is -0.123. The molecule has 2 aromatic rings.